The number of amides is 1. The maximum absolute atomic E-state index is 13.0. The van der Waals surface area contributed by atoms with E-state index in [2.05, 4.69) is 0 Å². The minimum Gasteiger partial charge on any atom is -0.464 e. The molecule has 0 aliphatic rings. The standard InChI is InChI=1S/C17H25ClN2O4/c1-8-20(16(22)10(3)18)12(5)15(21)13-9(2)14(17(23)24-7)19(6)11(13)4/h10,12H,8H2,1-7H3/t10-,12-/m0/s1. The number of aromatic nitrogens is 1. The third-order valence-corrected chi connectivity index (χ3v) is 4.55. The van der Waals surface area contributed by atoms with E-state index in [1.165, 1.54) is 12.0 Å². The molecule has 1 rings (SSSR count). The fourth-order valence-electron chi connectivity index (χ4n) is 2.93. The first-order chi connectivity index (χ1) is 11.1. The van der Waals surface area contributed by atoms with Crippen molar-refractivity contribution >= 4 is 29.3 Å². The van der Waals surface area contributed by atoms with Crippen LogP contribution in [0, 0.1) is 13.8 Å². The summed E-state index contributed by atoms with van der Waals surface area (Å²) in [6.07, 6.45) is 0. The Hall–Kier alpha value is -1.82. The van der Waals surface area contributed by atoms with Crippen molar-refractivity contribution in [2.24, 2.45) is 7.05 Å². The molecule has 0 bridgehead atoms. The molecular weight excluding hydrogens is 332 g/mol. The van der Waals surface area contributed by atoms with Gasteiger partial charge in [-0.25, -0.2) is 4.79 Å². The lowest BCUT2D eigenvalue weighted by molar-refractivity contribution is -0.131. The van der Waals surface area contributed by atoms with Crippen LogP contribution >= 0.6 is 11.6 Å². The molecule has 0 aliphatic carbocycles. The average molecular weight is 357 g/mol. The average Bonchev–Trinajstić information content (AvgIpc) is 2.76. The molecule has 1 amide bonds. The normalized spacial score (nSPS) is 13.3. The molecule has 134 valence electrons. The largest absolute Gasteiger partial charge is 0.464 e. The van der Waals surface area contributed by atoms with Crippen molar-refractivity contribution in [2.75, 3.05) is 13.7 Å². The highest BCUT2D eigenvalue weighted by Crippen LogP contribution is 2.24. The van der Waals surface area contributed by atoms with E-state index in [0.29, 0.717) is 29.1 Å². The van der Waals surface area contributed by atoms with Crippen molar-refractivity contribution in [3.05, 3.63) is 22.5 Å². The zero-order valence-electron chi connectivity index (χ0n) is 15.3. The molecule has 0 fully saturated rings. The molecule has 1 heterocycles. The maximum Gasteiger partial charge on any atom is 0.354 e. The first-order valence-electron chi connectivity index (χ1n) is 7.82. The van der Waals surface area contributed by atoms with Gasteiger partial charge in [-0.15, -0.1) is 11.6 Å². The number of carbonyl (C=O) groups is 3. The number of methoxy groups -OCH3 is 1. The van der Waals surface area contributed by atoms with Gasteiger partial charge in [0.15, 0.2) is 5.78 Å². The molecule has 0 aromatic carbocycles. The van der Waals surface area contributed by atoms with Crippen LogP contribution in [0.15, 0.2) is 0 Å². The van der Waals surface area contributed by atoms with Gasteiger partial charge in [-0.05, 0) is 40.2 Å². The van der Waals surface area contributed by atoms with E-state index in [9.17, 15) is 14.4 Å². The molecule has 0 N–H and O–H groups in total. The van der Waals surface area contributed by atoms with Crippen molar-refractivity contribution in [1.29, 1.82) is 0 Å². The summed E-state index contributed by atoms with van der Waals surface area (Å²) in [4.78, 5) is 38.6. The van der Waals surface area contributed by atoms with Crippen molar-refractivity contribution in [1.82, 2.24) is 9.47 Å². The first-order valence-corrected chi connectivity index (χ1v) is 8.26. The van der Waals surface area contributed by atoms with Crippen LogP contribution in [0.3, 0.4) is 0 Å². The SMILES string of the molecule is CCN(C(=O)[C@H](C)Cl)[C@@H](C)C(=O)c1c(C)c(C(=O)OC)n(C)c1C. The number of rotatable bonds is 6. The first kappa shape index (κ1) is 20.2. The van der Waals surface area contributed by atoms with Crippen molar-refractivity contribution in [3.63, 3.8) is 0 Å². The number of Topliss-reactive ketones (excluding diaryl/α,β-unsaturated/α-hetero) is 1. The Morgan fingerprint density at radius 1 is 1.25 bits per heavy atom. The highest BCUT2D eigenvalue weighted by atomic mass is 35.5. The van der Waals surface area contributed by atoms with Crippen molar-refractivity contribution in [2.45, 2.75) is 46.0 Å². The monoisotopic (exact) mass is 356 g/mol. The van der Waals surface area contributed by atoms with Crippen LogP contribution in [-0.4, -0.2) is 52.2 Å². The van der Waals surface area contributed by atoms with Gasteiger partial charge >= 0.3 is 5.97 Å². The Morgan fingerprint density at radius 2 is 1.79 bits per heavy atom. The van der Waals surface area contributed by atoms with Gasteiger partial charge in [0.25, 0.3) is 0 Å². The molecule has 0 aliphatic heterocycles. The van der Waals surface area contributed by atoms with Crippen LogP contribution in [0.4, 0.5) is 0 Å². The highest BCUT2D eigenvalue weighted by Gasteiger charge is 2.32. The zero-order valence-corrected chi connectivity index (χ0v) is 16.0. The van der Waals surface area contributed by atoms with Gasteiger partial charge in [0.1, 0.15) is 11.1 Å². The summed E-state index contributed by atoms with van der Waals surface area (Å²) in [6.45, 7) is 8.90. The number of esters is 1. The molecule has 0 spiro atoms. The second-order valence-corrected chi connectivity index (χ2v) is 6.42. The Labute approximate surface area is 147 Å². The summed E-state index contributed by atoms with van der Waals surface area (Å²) >= 11 is 5.88. The van der Waals surface area contributed by atoms with Crippen LogP contribution in [0.5, 0.6) is 0 Å². The van der Waals surface area contributed by atoms with Crippen LogP contribution < -0.4 is 0 Å². The topological polar surface area (TPSA) is 68.6 Å². The molecule has 7 heteroatoms. The molecule has 0 saturated heterocycles. The number of ether oxygens (including phenoxy) is 1. The van der Waals surface area contributed by atoms with Crippen LogP contribution in [-0.2, 0) is 16.6 Å². The molecular formula is C17H25ClN2O4. The molecule has 2 atom stereocenters. The number of hydrogen-bond acceptors (Lipinski definition) is 4. The highest BCUT2D eigenvalue weighted by molar-refractivity contribution is 6.30. The Morgan fingerprint density at radius 3 is 2.21 bits per heavy atom. The molecule has 24 heavy (non-hydrogen) atoms. The lowest BCUT2D eigenvalue weighted by Crippen LogP contribution is -2.46. The predicted octanol–water partition coefficient (Wildman–Crippen LogP) is 2.48. The van der Waals surface area contributed by atoms with E-state index >= 15 is 0 Å². The lowest BCUT2D eigenvalue weighted by atomic mass is 9.99. The Kier molecular flexibility index (Phi) is 6.60. The van der Waals surface area contributed by atoms with Crippen LogP contribution in [0.2, 0.25) is 0 Å². The zero-order chi connectivity index (χ0) is 18.8. The third-order valence-electron chi connectivity index (χ3n) is 4.37. The summed E-state index contributed by atoms with van der Waals surface area (Å²) in [5, 5.41) is -0.705. The second-order valence-electron chi connectivity index (χ2n) is 5.77. The maximum atomic E-state index is 13.0. The van der Waals surface area contributed by atoms with Crippen LogP contribution in [0.1, 0.15) is 52.9 Å². The fraction of sp³-hybridized carbons (Fsp3) is 0.588. The van der Waals surface area contributed by atoms with E-state index in [1.807, 2.05) is 0 Å². The summed E-state index contributed by atoms with van der Waals surface area (Å²) < 4.78 is 6.43. The van der Waals surface area contributed by atoms with Crippen LogP contribution in [0.25, 0.3) is 0 Å². The van der Waals surface area contributed by atoms with E-state index in [-0.39, 0.29) is 11.7 Å². The smallest absolute Gasteiger partial charge is 0.354 e. The summed E-state index contributed by atoms with van der Waals surface area (Å²) in [6, 6.07) is -0.672. The fourth-order valence-corrected chi connectivity index (χ4v) is 3.05. The quantitative estimate of drug-likeness (QED) is 0.446. The van der Waals surface area contributed by atoms with E-state index in [1.54, 1.807) is 46.2 Å². The van der Waals surface area contributed by atoms with Gasteiger partial charge in [-0.3, -0.25) is 9.59 Å². The van der Waals surface area contributed by atoms with Gasteiger partial charge in [-0.1, -0.05) is 0 Å². The van der Waals surface area contributed by atoms with E-state index in [4.69, 9.17) is 16.3 Å². The van der Waals surface area contributed by atoms with Gasteiger partial charge in [0.05, 0.1) is 13.2 Å². The van der Waals surface area contributed by atoms with Crippen molar-refractivity contribution < 1.29 is 19.1 Å². The van der Waals surface area contributed by atoms with Gasteiger partial charge in [-0.2, -0.15) is 0 Å². The number of hydrogen-bond donors (Lipinski definition) is 0. The number of halogens is 1. The van der Waals surface area contributed by atoms with Crippen molar-refractivity contribution in [3.8, 4) is 0 Å². The Bertz CT molecular complexity index is 664. The van der Waals surface area contributed by atoms with Gasteiger partial charge < -0.3 is 14.2 Å². The molecule has 6 nitrogen and oxygen atoms in total. The molecule has 1 aromatic heterocycles. The number of carbonyl (C=O) groups excluding carboxylic acids is 3. The third kappa shape index (κ3) is 3.48. The minimum atomic E-state index is -0.705. The second kappa shape index (κ2) is 7.83. The number of alkyl halides is 1. The van der Waals surface area contributed by atoms with Gasteiger partial charge in [0, 0.05) is 24.8 Å². The van der Waals surface area contributed by atoms with Gasteiger partial charge in [0.2, 0.25) is 5.91 Å². The summed E-state index contributed by atoms with van der Waals surface area (Å²) in [7, 11) is 3.01. The summed E-state index contributed by atoms with van der Waals surface area (Å²) in [5.41, 5.74) is 2.00. The molecule has 0 saturated carbocycles. The van der Waals surface area contributed by atoms with E-state index < -0.39 is 17.4 Å². The molecule has 1 aromatic rings. The number of likely N-dealkylation sites (N-methyl/N-ethyl adjacent to an activating group) is 1. The van der Waals surface area contributed by atoms with E-state index in [0.717, 1.165) is 0 Å². The minimum absolute atomic E-state index is 0.219. The molecule has 0 radical (unpaired) electrons. The lowest BCUT2D eigenvalue weighted by Gasteiger charge is -2.28. The summed E-state index contributed by atoms with van der Waals surface area (Å²) in [5.74, 6) is -1.01. The Balaban J connectivity index is 3.34. The molecule has 0 unspecified atom stereocenters. The predicted molar refractivity (Wildman–Crippen MR) is 92.7 cm³/mol. The number of nitrogens with zero attached hydrogens (tertiary/aromatic N) is 2. The number of ketones is 1.